The first-order valence-corrected chi connectivity index (χ1v) is 12.2. The van der Waals surface area contributed by atoms with E-state index in [-0.39, 0.29) is 22.9 Å². The fourth-order valence-corrected chi connectivity index (χ4v) is 8.59. The van der Waals surface area contributed by atoms with Crippen molar-refractivity contribution in [1.82, 2.24) is 0 Å². The molecule has 0 spiro atoms. The lowest BCUT2D eigenvalue weighted by Crippen LogP contribution is -2.51. The van der Waals surface area contributed by atoms with E-state index in [2.05, 4.69) is 6.92 Å². The Morgan fingerprint density at radius 2 is 1.73 bits per heavy atom. The van der Waals surface area contributed by atoms with Crippen LogP contribution in [0.25, 0.3) is 0 Å². The molecule has 0 amide bonds. The molecule has 0 aromatic heterocycles. The minimum atomic E-state index is -0.467. The topological polar surface area (TPSA) is 37.3 Å². The molecule has 0 bridgehead atoms. The highest BCUT2D eigenvalue weighted by molar-refractivity contribution is 5.98. The molecule has 0 unspecified atom stereocenters. The molecular formula is C27H37FO2. The first kappa shape index (κ1) is 20.7. The number of aliphatic hydroxyl groups is 1. The first-order valence-electron chi connectivity index (χ1n) is 12.2. The number of benzene rings is 1. The average Bonchev–Trinajstić information content (AvgIpc) is 3.02. The van der Waals surface area contributed by atoms with Gasteiger partial charge in [-0.2, -0.15) is 0 Å². The number of fused-ring (bicyclic) bond motifs is 5. The number of carbonyl (C=O) groups is 1. The first-order chi connectivity index (χ1) is 14.2. The molecule has 0 aliphatic heterocycles. The van der Waals surface area contributed by atoms with Gasteiger partial charge < -0.3 is 5.11 Å². The predicted molar refractivity (Wildman–Crippen MR) is 117 cm³/mol. The van der Waals surface area contributed by atoms with Crippen molar-refractivity contribution >= 4 is 5.78 Å². The monoisotopic (exact) mass is 412 g/mol. The van der Waals surface area contributed by atoms with Crippen LogP contribution in [-0.2, 0) is 0 Å². The molecule has 30 heavy (non-hydrogen) atoms. The summed E-state index contributed by atoms with van der Waals surface area (Å²) in [6.45, 7) is 6.26. The van der Waals surface area contributed by atoms with Crippen LogP contribution in [0, 0.1) is 53.7 Å². The summed E-state index contributed by atoms with van der Waals surface area (Å²) in [5.74, 6) is 3.51. The Bertz CT molecular complexity index is 825. The number of ketones is 1. The number of Topliss-reactive ketones (excluding diaryl/α,β-unsaturated/α-hetero) is 1. The fourth-order valence-electron chi connectivity index (χ4n) is 8.59. The van der Waals surface area contributed by atoms with Crippen LogP contribution in [0.15, 0.2) is 18.2 Å². The summed E-state index contributed by atoms with van der Waals surface area (Å²) >= 11 is 0. The maximum Gasteiger partial charge on any atom is 0.166 e. The lowest BCUT2D eigenvalue weighted by molar-refractivity contribution is -0.0976. The number of rotatable bonds is 2. The second-order valence-corrected chi connectivity index (χ2v) is 11.7. The minimum Gasteiger partial charge on any atom is -0.390 e. The molecule has 5 rings (SSSR count). The smallest absolute Gasteiger partial charge is 0.166 e. The predicted octanol–water partition coefficient (Wildman–Crippen LogP) is 6.34. The molecule has 4 aliphatic rings. The molecule has 8 atom stereocenters. The van der Waals surface area contributed by atoms with Crippen LogP contribution in [0.1, 0.15) is 87.6 Å². The number of hydrogen-bond donors (Lipinski definition) is 1. The van der Waals surface area contributed by atoms with Crippen molar-refractivity contribution in [3.05, 3.63) is 35.1 Å². The van der Waals surface area contributed by atoms with Crippen molar-refractivity contribution in [3.8, 4) is 0 Å². The summed E-state index contributed by atoms with van der Waals surface area (Å²) in [5.41, 5.74) is 0.990. The van der Waals surface area contributed by atoms with Crippen molar-refractivity contribution in [2.45, 2.75) is 84.2 Å². The Hall–Kier alpha value is -1.22. The van der Waals surface area contributed by atoms with Gasteiger partial charge in [0.15, 0.2) is 5.78 Å². The van der Waals surface area contributed by atoms with Gasteiger partial charge in [0, 0.05) is 11.5 Å². The summed E-state index contributed by atoms with van der Waals surface area (Å²) in [6, 6.07) is 4.81. The second kappa shape index (κ2) is 7.15. The van der Waals surface area contributed by atoms with Gasteiger partial charge in [-0.1, -0.05) is 6.92 Å². The molecular weight excluding hydrogens is 375 g/mol. The van der Waals surface area contributed by atoms with Crippen LogP contribution < -0.4 is 0 Å². The standard InChI is InChI=1S/C27H37FO2/c1-16-12-18(14-19(28)13-16)25(29)24-7-6-23-22-5-4-17-15-26(2,30)10-8-20(17)21(22)9-11-27(23,24)3/h12-14,17,20-24,30H,4-11,15H2,1-3H3/t17-,20-,21+,22+,23-,24+,26+,27-/m0/s1. The van der Waals surface area contributed by atoms with E-state index in [1.807, 2.05) is 19.9 Å². The van der Waals surface area contributed by atoms with Crippen molar-refractivity contribution in [2.24, 2.45) is 40.9 Å². The van der Waals surface area contributed by atoms with Gasteiger partial charge in [0.25, 0.3) is 0 Å². The molecule has 1 aromatic carbocycles. The molecule has 1 aromatic rings. The number of carbonyl (C=O) groups excluding carboxylic acids is 1. The van der Waals surface area contributed by atoms with E-state index in [9.17, 15) is 14.3 Å². The molecule has 3 heteroatoms. The van der Waals surface area contributed by atoms with Crippen LogP contribution in [0.2, 0.25) is 0 Å². The lowest BCUT2D eigenvalue weighted by atomic mass is 9.49. The quantitative estimate of drug-likeness (QED) is 0.576. The second-order valence-electron chi connectivity index (χ2n) is 11.7. The molecule has 0 heterocycles. The van der Waals surface area contributed by atoms with Gasteiger partial charge in [-0.05, 0) is 130 Å². The third kappa shape index (κ3) is 3.27. The maximum absolute atomic E-state index is 14.0. The van der Waals surface area contributed by atoms with E-state index in [0.717, 1.165) is 55.4 Å². The third-order valence-electron chi connectivity index (χ3n) is 9.88. The van der Waals surface area contributed by atoms with E-state index in [0.29, 0.717) is 17.4 Å². The van der Waals surface area contributed by atoms with Gasteiger partial charge in [0.2, 0.25) is 0 Å². The van der Waals surface area contributed by atoms with Crippen LogP contribution in [0.5, 0.6) is 0 Å². The van der Waals surface area contributed by atoms with E-state index < -0.39 is 5.60 Å². The number of hydrogen-bond acceptors (Lipinski definition) is 2. The number of halogens is 1. The molecule has 4 fully saturated rings. The highest BCUT2D eigenvalue weighted by Crippen LogP contribution is 2.65. The molecule has 1 N–H and O–H groups in total. The Labute approximate surface area is 180 Å². The van der Waals surface area contributed by atoms with Crippen LogP contribution in [0.3, 0.4) is 0 Å². The van der Waals surface area contributed by atoms with Crippen LogP contribution in [0.4, 0.5) is 4.39 Å². The van der Waals surface area contributed by atoms with Gasteiger partial charge in [-0.3, -0.25) is 4.79 Å². The molecule has 0 saturated heterocycles. The Balaban J connectivity index is 1.37. The normalized spacial score (nSPS) is 45.4. The average molecular weight is 413 g/mol. The molecule has 2 nitrogen and oxygen atoms in total. The summed E-state index contributed by atoms with van der Waals surface area (Å²) in [4.78, 5) is 13.5. The van der Waals surface area contributed by atoms with Gasteiger partial charge in [0.1, 0.15) is 5.82 Å². The molecule has 164 valence electrons. The van der Waals surface area contributed by atoms with E-state index >= 15 is 0 Å². The van der Waals surface area contributed by atoms with E-state index in [4.69, 9.17) is 0 Å². The zero-order valence-corrected chi connectivity index (χ0v) is 18.8. The fraction of sp³-hybridized carbons (Fsp3) is 0.741. The summed E-state index contributed by atoms with van der Waals surface area (Å²) in [6.07, 6.45) is 10.1. The summed E-state index contributed by atoms with van der Waals surface area (Å²) in [7, 11) is 0. The van der Waals surface area contributed by atoms with Crippen LogP contribution >= 0.6 is 0 Å². The zero-order valence-electron chi connectivity index (χ0n) is 18.8. The lowest BCUT2D eigenvalue weighted by Gasteiger charge is -2.56. The highest BCUT2D eigenvalue weighted by atomic mass is 19.1. The van der Waals surface area contributed by atoms with Gasteiger partial charge >= 0.3 is 0 Å². The molecule has 4 aliphatic carbocycles. The van der Waals surface area contributed by atoms with E-state index in [1.54, 1.807) is 0 Å². The van der Waals surface area contributed by atoms with E-state index in [1.165, 1.54) is 37.8 Å². The zero-order chi connectivity index (χ0) is 21.3. The van der Waals surface area contributed by atoms with Crippen LogP contribution in [-0.4, -0.2) is 16.5 Å². The SMILES string of the molecule is Cc1cc(F)cc(C(=O)[C@H]2CC[C@H]3[C@@H]4CC[C@H]5C[C@](C)(O)CC[C@@H]5[C@H]4CC[C@]23C)c1. The molecule has 0 radical (unpaired) electrons. The van der Waals surface area contributed by atoms with Crippen molar-refractivity contribution in [1.29, 1.82) is 0 Å². The maximum atomic E-state index is 14.0. The summed E-state index contributed by atoms with van der Waals surface area (Å²) < 4.78 is 14.0. The summed E-state index contributed by atoms with van der Waals surface area (Å²) in [5, 5.41) is 10.6. The van der Waals surface area contributed by atoms with Gasteiger partial charge in [-0.25, -0.2) is 4.39 Å². The minimum absolute atomic E-state index is 0.0365. The van der Waals surface area contributed by atoms with Gasteiger partial charge in [0.05, 0.1) is 5.60 Å². The van der Waals surface area contributed by atoms with Crippen molar-refractivity contribution < 1.29 is 14.3 Å². The van der Waals surface area contributed by atoms with Crippen molar-refractivity contribution in [2.75, 3.05) is 0 Å². The molecule has 4 saturated carbocycles. The highest BCUT2D eigenvalue weighted by Gasteiger charge is 2.58. The number of aryl methyl sites for hydroxylation is 1. The third-order valence-corrected chi connectivity index (χ3v) is 9.88. The van der Waals surface area contributed by atoms with Gasteiger partial charge in [-0.15, -0.1) is 0 Å². The Morgan fingerprint density at radius 3 is 2.50 bits per heavy atom. The largest absolute Gasteiger partial charge is 0.390 e. The van der Waals surface area contributed by atoms with Crippen molar-refractivity contribution in [3.63, 3.8) is 0 Å². The Morgan fingerprint density at radius 1 is 0.967 bits per heavy atom. The Kier molecular flexibility index (Phi) is 4.93.